The van der Waals surface area contributed by atoms with Crippen LogP contribution in [0.25, 0.3) is 11.5 Å². The van der Waals surface area contributed by atoms with Crippen LogP contribution in [0.15, 0.2) is 59.6 Å². The average molecular weight is 363 g/mol. The Labute approximate surface area is 157 Å². The molecule has 1 N–H and O–H groups in total. The van der Waals surface area contributed by atoms with Crippen LogP contribution in [0.4, 0.5) is 0 Å². The van der Waals surface area contributed by atoms with Crippen molar-refractivity contribution in [2.45, 2.75) is 25.4 Å². The zero-order valence-corrected chi connectivity index (χ0v) is 14.9. The van der Waals surface area contributed by atoms with Crippen LogP contribution in [0.3, 0.4) is 0 Å². The largest absolute Gasteiger partial charge is 0.459 e. The average Bonchev–Trinajstić information content (AvgIpc) is 3.28. The Morgan fingerprint density at radius 2 is 2.07 bits per heavy atom. The number of furan rings is 1. The summed E-state index contributed by atoms with van der Waals surface area (Å²) in [4.78, 5) is 27.3. The van der Waals surface area contributed by atoms with Gasteiger partial charge in [-0.2, -0.15) is 0 Å². The number of hydrogen-bond donors (Lipinski definition) is 1. The predicted molar refractivity (Wildman–Crippen MR) is 99.7 cm³/mol. The number of rotatable bonds is 5. The highest BCUT2D eigenvalue weighted by atomic mass is 16.3. The van der Waals surface area contributed by atoms with E-state index in [9.17, 15) is 4.79 Å². The highest BCUT2D eigenvalue weighted by molar-refractivity contribution is 5.91. The van der Waals surface area contributed by atoms with E-state index >= 15 is 0 Å². The third-order valence-electron chi connectivity index (χ3n) is 4.63. The van der Waals surface area contributed by atoms with Gasteiger partial charge in [-0.05, 0) is 37.1 Å². The molecule has 7 heteroatoms. The van der Waals surface area contributed by atoms with Gasteiger partial charge in [0.05, 0.1) is 6.26 Å². The Hall–Kier alpha value is -3.06. The zero-order valence-electron chi connectivity index (χ0n) is 14.9. The molecule has 138 valence electrons. The second-order valence-electron chi connectivity index (χ2n) is 6.58. The number of carbonyl (C=O) groups is 1. The monoisotopic (exact) mass is 363 g/mol. The minimum atomic E-state index is -0.0467. The molecule has 0 bridgehead atoms. The molecule has 1 aliphatic heterocycles. The smallest absolute Gasteiger partial charge is 0.289 e. The molecule has 1 fully saturated rings. The van der Waals surface area contributed by atoms with E-state index in [0.29, 0.717) is 24.7 Å². The first-order valence-electron chi connectivity index (χ1n) is 9.08. The summed E-state index contributed by atoms with van der Waals surface area (Å²) in [6.45, 7) is 2.10. The predicted octanol–water partition coefficient (Wildman–Crippen LogP) is 2.53. The van der Waals surface area contributed by atoms with Crippen LogP contribution >= 0.6 is 0 Å². The third-order valence-corrected chi connectivity index (χ3v) is 4.63. The van der Waals surface area contributed by atoms with Gasteiger partial charge < -0.3 is 14.6 Å². The molecule has 7 nitrogen and oxygen atoms in total. The number of piperidine rings is 1. The molecule has 1 atom stereocenters. The summed E-state index contributed by atoms with van der Waals surface area (Å²) in [6.07, 6.45) is 8.90. The molecule has 0 saturated carbocycles. The van der Waals surface area contributed by atoms with Gasteiger partial charge in [0.2, 0.25) is 0 Å². The quantitative estimate of drug-likeness (QED) is 0.750. The van der Waals surface area contributed by atoms with E-state index in [1.807, 2.05) is 35.5 Å². The molecule has 0 spiro atoms. The fraction of sp³-hybridized carbons (Fsp3) is 0.300. The molecule has 0 aliphatic carbocycles. The number of nitrogens with one attached hydrogen (secondary N) is 1. The van der Waals surface area contributed by atoms with Gasteiger partial charge in [-0.25, -0.2) is 9.97 Å². The molecule has 3 aromatic rings. The second kappa shape index (κ2) is 8.09. The lowest BCUT2D eigenvalue weighted by atomic mass is 10.1. The number of likely N-dealkylation sites (tertiary alicyclic amines) is 1. The Morgan fingerprint density at radius 1 is 1.19 bits per heavy atom. The van der Waals surface area contributed by atoms with Crippen LogP contribution in [-0.4, -0.2) is 44.9 Å². The maximum absolute atomic E-state index is 12.4. The van der Waals surface area contributed by atoms with Gasteiger partial charge in [0.1, 0.15) is 5.69 Å². The lowest BCUT2D eigenvalue weighted by Gasteiger charge is -2.32. The summed E-state index contributed by atoms with van der Waals surface area (Å²) in [5, 5.41) is 3.51. The molecule has 1 amide bonds. The summed E-state index contributed by atoms with van der Waals surface area (Å²) >= 11 is 0. The summed E-state index contributed by atoms with van der Waals surface area (Å²) < 4.78 is 5.23. The maximum Gasteiger partial charge on any atom is 0.289 e. The van der Waals surface area contributed by atoms with Crippen LogP contribution in [-0.2, 0) is 6.54 Å². The van der Waals surface area contributed by atoms with Gasteiger partial charge in [-0.1, -0.05) is 6.07 Å². The summed E-state index contributed by atoms with van der Waals surface area (Å²) in [7, 11) is 0. The van der Waals surface area contributed by atoms with E-state index < -0.39 is 0 Å². The van der Waals surface area contributed by atoms with E-state index in [-0.39, 0.29) is 11.9 Å². The maximum atomic E-state index is 12.4. The fourth-order valence-electron chi connectivity index (χ4n) is 3.22. The fourth-order valence-corrected chi connectivity index (χ4v) is 3.22. The summed E-state index contributed by atoms with van der Waals surface area (Å²) in [5.74, 6) is 0.968. The van der Waals surface area contributed by atoms with Gasteiger partial charge in [0.15, 0.2) is 11.6 Å². The van der Waals surface area contributed by atoms with E-state index in [4.69, 9.17) is 4.42 Å². The highest BCUT2D eigenvalue weighted by Crippen LogP contribution is 2.15. The highest BCUT2D eigenvalue weighted by Gasteiger charge is 2.25. The van der Waals surface area contributed by atoms with E-state index in [1.54, 1.807) is 18.3 Å². The number of amides is 1. The molecule has 1 saturated heterocycles. The van der Waals surface area contributed by atoms with Crippen molar-refractivity contribution in [1.82, 2.24) is 25.2 Å². The Bertz CT molecular complexity index is 865. The van der Waals surface area contributed by atoms with Gasteiger partial charge in [0.25, 0.3) is 5.91 Å². The molecule has 0 aromatic carbocycles. The summed E-state index contributed by atoms with van der Waals surface area (Å²) in [6, 6.07) is 9.36. The van der Waals surface area contributed by atoms with Crippen LogP contribution in [0.5, 0.6) is 0 Å². The van der Waals surface area contributed by atoms with Crippen molar-refractivity contribution in [2.75, 3.05) is 13.1 Å². The first-order valence-corrected chi connectivity index (χ1v) is 9.08. The van der Waals surface area contributed by atoms with Gasteiger partial charge in [0, 0.05) is 49.8 Å². The molecular weight excluding hydrogens is 342 g/mol. The lowest BCUT2D eigenvalue weighted by Crippen LogP contribution is -2.47. The summed E-state index contributed by atoms with van der Waals surface area (Å²) in [5.41, 5.74) is 1.76. The number of aromatic nitrogens is 3. The van der Waals surface area contributed by atoms with E-state index in [0.717, 1.165) is 30.6 Å². The Morgan fingerprint density at radius 3 is 2.81 bits per heavy atom. The van der Waals surface area contributed by atoms with Crippen molar-refractivity contribution in [3.63, 3.8) is 0 Å². The first-order chi connectivity index (χ1) is 13.3. The zero-order chi connectivity index (χ0) is 18.5. The van der Waals surface area contributed by atoms with Crippen molar-refractivity contribution in [3.05, 3.63) is 66.5 Å². The number of pyridine rings is 1. The van der Waals surface area contributed by atoms with Crippen LogP contribution in [0.2, 0.25) is 0 Å². The SMILES string of the molecule is O=C(c1ccco1)N1CCCC(NCc2cnc(-c3ccccn3)nc2)C1. The van der Waals surface area contributed by atoms with Gasteiger partial charge in [-0.3, -0.25) is 9.78 Å². The van der Waals surface area contributed by atoms with Crippen molar-refractivity contribution in [1.29, 1.82) is 0 Å². The molecule has 1 unspecified atom stereocenters. The Balaban J connectivity index is 1.32. The number of hydrogen-bond acceptors (Lipinski definition) is 6. The molecule has 27 heavy (non-hydrogen) atoms. The first kappa shape index (κ1) is 17.4. The Kier molecular flexibility index (Phi) is 5.20. The normalized spacial score (nSPS) is 17.0. The minimum Gasteiger partial charge on any atom is -0.459 e. The van der Waals surface area contributed by atoms with Crippen molar-refractivity contribution >= 4 is 5.91 Å². The molecule has 1 aliphatic rings. The molecular formula is C20H21N5O2. The lowest BCUT2D eigenvalue weighted by molar-refractivity contribution is 0.0662. The third kappa shape index (κ3) is 4.20. The molecule has 0 radical (unpaired) electrons. The van der Waals surface area contributed by atoms with Crippen molar-refractivity contribution in [2.24, 2.45) is 0 Å². The van der Waals surface area contributed by atoms with E-state index in [1.165, 1.54) is 6.26 Å². The topological polar surface area (TPSA) is 84.2 Å². The number of nitrogens with zero attached hydrogens (tertiary/aromatic N) is 4. The molecule has 4 rings (SSSR count). The van der Waals surface area contributed by atoms with Crippen molar-refractivity contribution < 1.29 is 9.21 Å². The van der Waals surface area contributed by atoms with Crippen LogP contribution in [0.1, 0.15) is 29.0 Å². The number of carbonyl (C=O) groups excluding carboxylic acids is 1. The van der Waals surface area contributed by atoms with Crippen molar-refractivity contribution in [3.8, 4) is 11.5 Å². The van der Waals surface area contributed by atoms with E-state index in [2.05, 4.69) is 20.3 Å². The molecule has 4 heterocycles. The second-order valence-corrected chi connectivity index (χ2v) is 6.58. The minimum absolute atomic E-state index is 0.0467. The van der Waals surface area contributed by atoms with Crippen LogP contribution < -0.4 is 5.32 Å². The van der Waals surface area contributed by atoms with Crippen LogP contribution in [0, 0.1) is 0 Å². The molecule has 3 aromatic heterocycles. The van der Waals surface area contributed by atoms with Gasteiger partial charge in [-0.15, -0.1) is 0 Å². The van der Waals surface area contributed by atoms with Gasteiger partial charge >= 0.3 is 0 Å². The standard InChI is InChI=1S/C20H21N5O2/c26-20(18-7-4-10-27-18)25-9-3-5-16(14-25)22-11-15-12-23-19(24-13-15)17-6-1-2-8-21-17/h1-2,4,6-8,10,12-13,16,22H,3,5,9,11,14H2.